The summed E-state index contributed by atoms with van der Waals surface area (Å²) < 4.78 is 0. The highest BCUT2D eigenvalue weighted by atomic mass is 14.2. The van der Waals surface area contributed by atoms with Crippen LogP contribution < -0.4 is 0 Å². The van der Waals surface area contributed by atoms with Crippen LogP contribution in [0.3, 0.4) is 0 Å². The molecule has 0 aliphatic rings. The Morgan fingerprint density at radius 3 is 1.29 bits per heavy atom. The molecule has 0 saturated heterocycles. The molecule has 45 heavy (non-hydrogen) atoms. The maximum absolute atomic E-state index is 2.51. The van der Waals surface area contributed by atoms with Gasteiger partial charge in [0.25, 0.3) is 0 Å². The van der Waals surface area contributed by atoms with Gasteiger partial charge in [-0.15, -0.1) is 0 Å². The summed E-state index contributed by atoms with van der Waals surface area (Å²) in [4.78, 5) is 0. The lowest BCUT2D eigenvalue weighted by Crippen LogP contribution is -2.04. The van der Waals surface area contributed by atoms with Crippen LogP contribution in [0.2, 0.25) is 0 Å². The van der Waals surface area contributed by atoms with Gasteiger partial charge < -0.3 is 0 Å². The van der Waals surface area contributed by atoms with Gasteiger partial charge in [0.2, 0.25) is 0 Å². The summed E-state index contributed by atoms with van der Waals surface area (Å²) in [6.45, 7) is 7.13. The zero-order chi connectivity index (χ0) is 32.0. The first-order valence-corrected chi connectivity index (χ1v) is 20.8. The number of rotatable bonds is 32. The number of fused-ring (bicyclic) bond motifs is 1. The summed E-state index contributed by atoms with van der Waals surface area (Å²) in [6, 6.07) is 14.0. The van der Waals surface area contributed by atoms with E-state index in [4.69, 9.17) is 0 Å². The lowest BCUT2D eigenvalue weighted by atomic mass is 9.88. The maximum Gasteiger partial charge on any atom is -0.0149 e. The van der Waals surface area contributed by atoms with E-state index in [1.807, 2.05) is 0 Å². The van der Waals surface area contributed by atoms with Crippen molar-refractivity contribution in [1.29, 1.82) is 0 Å². The Bertz CT molecular complexity index is 909. The molecule has 258 valence electrons. The van der Waals surface area contributed by atoms with Crippen molar-refractivity contribution in [2.24, 2.45) is 5.92 Å². The highest BCUT2D eigenvalue weighted by Gasteiger charge is 2.11. The van der Waals surface area contributed by atoms with Crippen molar-refractivity contribution in [3.63, 3.8) is 0 Å². The normalized spacial score (nSPS) is 12.3. The highest BCUT2D eigenvalue weighted by Crippen LogP contribution is 2.28. The molecule has 2 aromatic carbocycles. The summed E-state index contributed by atoms with van der Waals surface area (Å²) in [6.07, 6.45) is 44.3. The molecule has 0 aromatic heterocycles. The Balaban J connectivity index is 1.57. The van der Waals surface area contributed by atoms with Gasteiger partial charge >= 0.3 is 0 Å². The Morgan fingerprint density at radius 2 is 0.822 bits per heavy atom. The van der Waals surface area contributed by atoms with Crippen LogP contribution in [-0.2, 0) is 12.8 Å². The number of hydrogen-bond acceptors (Lipinski definition) is 0. The van der Waals surface area contributed by atoms with E-state index in [1.165, 1.54) is 210 Å². The predicted molar refractivity (Wildman–Crippen MR) is 206 cm³/mol. The molecule has 0 heteroatoms. The largest absolute Gasteiger partial charge is 0.0654 e. The summed E-state index contributed by atoms with van der Waals surface area (Å²) in [5.41, 5.74) is 3.31. The maximum atomic E-state index is 2.51. The molecule has 0 saturated carbocycles. The van der Waals surface area contributed by atoms with Crippen LogP contribution in [0.4, 0.5) is 0 Å². The van der Waals surface area contributed by atoms with Crippen molar-refractivity contribution in [1.82, 2.24) is 0 Å². The van der Waals surface area contributed by atoms with Crippen LogP contribution in [0.25, 0.3) is 10.8 Å². The topological polar surface area (TPSA) is 0 Å². The van der Waals surface area contributed by atoms with Gasteiger partial charge in [0.05, 0.1) is 0 Å². The van der Waals surface area contributed by atoms with Crippen molar-refractivity contribution >= 4 is 10.8 Å². The van der Waals surface area contributed by atoms with Gasteiger partial charge in [0, 0.05) is 0 Å². The summed E-state index contributed by atoms with van der Waals surface area (Å²) >= 11 is 0. The first kappa shape index (κ1) is 39.9. The van der Waals surface area contributed by atoms with Crippen molar-refractivity contribution in [2.45, 2.75) is 220 Å². The zero-order valence-corrected chi connectivity index (χ0v) is 31.0. The van der Waals surface area contributed by atoms with E-state index in [9.17, 15) is 0 Å². The lowest BCUT2D eigenvalue weighted by molar-refractivity contribution is 0.475. The quantitative estimate of drug-likeness (QED) is 0.0716. The fraction of sp³-hybridized carbons (Fsp3) is 0.778. The summed E-state index contributed by atoms with van der Waals surface area (Å²) in [7, 11) is 0. The van der Waals surface area contributed by atoms with Crippen LogP contribution in [0.1, 0.15) is 218 Å². The fourth-order valence-electron chi connectivity index (χ4n) is 7.53. The average molecular weight is 619 g/mol. The minimum absolute atomic E-state index is 0.791. The molecule has 2 rings (SSSR count). The molecule has 0 bridgehead atoms. The summed E-state index contributed by atoms with van der Waals surface area (Å²) in [5.74, 6) is 0.791. The highest BCUT2D eigenvalue weighted by molar-refractivity contribution is 5.86. The molecule has 0 amide bonds. The Hall–Kier alpha value is -1.30. The molecular weight excluding hydrogens is 540 g/mol. The molecule has 2 aromatic rings. The van der Waals surface area contributed by atoms with Gasteiger partial charge in [-0.2, -0.15) is 0 Å². The fourth-order valence-corrected chi connectivity index (χ4v) is 7.53. The molecule has 1 unspecified atom stereocenters. The first-order valence-electron chi connectivity index (χ1n) is 20.8. The number of unbranched alkanes of at least 4 members (excludes halogenated alkanes) is 26. The van der Waals surface area contributed by atoms with E-state index in [2.05, 4.69) is 57.2 Å². The van der Waals surface area contributed by atoms with Gasteiger partial charge in [0.15, 0.2) is 0 Å². The smallest absolute Gasteiger partial charge is 0.0149 e. The van der Waals surface area contributed by atoms with Gasteiger partial charge in [-0.1, -0.05) is 237 Å². The average Bonchev–Trinajstić information content (AvgIpc) is 3.05. The lowest BCUT2D eigenvalue weighted by Gasteiger charge is -2.17. The molecular formula is C45H78. The molecule has 0 aliphatic carbocycles. The van der Waals surface area contributed by atoms with Crippen molar-refractivity contribution in [3.05, 3.63) is 47.5 Å². The second-order valence-corrected chi connectivity index (χ2v) is 15.0. The van der Waals surface area contributed by atoms with Gasteiger partial charge in [-0.25, -0.2) is 0 Å². The Kier molecular flexibility index (Phi) is 25.6. The molecule has 1 atom stereocenters. The molecule has 0 aliphatic heterocycles. The van der Waals surface area contributed by atoms with Crippen molar-refractivity contribution < 1.29 is 0 Å². The van der Waals surface area contributed by atoms with E-state index >= 15 is 0 Å². The third-order valence-electron chi connectivity index (χ3n) is 10.5. The third kappa shape index (κ3) is 20.5. The van der Waals surface area contributed by atoms with Gasteiger partial charge in [-0.05, 0) is 47.1 Å². The Morgan fingerprint density at radius 1 is 0.422 bits per heavy atom. The monoisotopic (exact) mass is 619 g/mol. The molecule has 0 heterocycles. The van der Waals surface area contributed by atoms with E-state index in [0.717, 1.165) is 5.92 Å². The minimum atomic E-state index is 0.791. The Labute approximate surface area is 283 Å². The van der Waals surface area contributed by atoms with E-state index in [0.29, 0.717) is 0 Å². The SMILES string of the molecule is CCCCCCCCCCCCCCCCCCc1c(CC(C)CCCCCCCCCCCCCC)ccc2ccccc12. The first-order chi connectivity index (χ1) is 22.3. The van der Waals surface area contributed by atoms with E-state index in [1.54, 1.807) is 11.1 Å². The standard InChI is InChI=1S/C45H78/c1-4-6-8-10-12-14-16-18-19-20-21-23-25-27-29-31-36-45-43(39-38-42-35-32-33-37-44(42)45)40-41(3)34-30-28-26-24-22-17-15-13-11-9-7-5-2/h32-33,35,37-39,41H,4-31,34,36,40H2,1-3H3. The van der Waals surface area contributed by atoms with Crippen LogP contribution in [0, 0.1) is 5.92 Å². The number of benzene rings is 2. The van der Waals surface area contributed by atoms with E-state index in [-0.39, 0.29) is 0 Å². The third-order valence-corrected chi connectivity index (χ3v) is 10.5. The number of hydrogen-bond donors (Lipinski definition) is 0. The van der Waals surface area contributed by atoms with Gasteiger partial charge in [-0.3, -0.25) is 0 Å². The molecule has 0 spiro atoms. The summed E-state index contributed by atoms with van der Waals surface area (Å²) in [5, 5.41) is 2.95. The second-order valence-electron chi connectivity index (χ2n) is 15.0. The molecule has 0 radical (unpaired) electrons. The molecule has 0 nitrogen and oxygen atoms in total. The van der Waals surface area contributed by atoms with Gasteiger partial charge in [0.1, 0.15) is 0 Å². The van der Waals surface area contributed by atoms with E-state index < -0.39 is 0 Å². The predicted octanol–water partition coefficient (Wildman–Crippen LogP) is 15.9. The van der Waals surface area contributed by atoms with Crippen LogP contribution in [-0.4, -0.2) is 0 Å². The van der Waals surface area contributed by atoms with Crippen molar-refractivity contribution in [3.8, 4) is 0 Å². The van der Waals surface area contributed by atoms with Crippen LogP contribution >= 0.6 is 0 Å². The van der Waals surface area contributed by atoms with Crippen LogP contribution in [0.5, 0.6) is 0 Å². The zero-order valence-electron chi connectivity index (χ0n) is 31.0. The minimum Gasteiger partial charge on any atom is -0.0654 e. The second kappa shape index (κ2) is 28.9. The molecule has 0 fully saturated rings. The van der Waals surface area contributed by atoms with Crippen molar-refractivity contribution in [2.75, 3.05) is 0 Å². The van der Waals surface area contributed by atoms with Crippen LogP contribution in [0.15, 0.2) is 36.4 Å². The molecule has 0 N–H and O–H groups in total. The number of aryl methyl sites for hydroxylation is 1.